The lowest BCUT2D eigenvalue weighted by Gasteiger charge is -2.50. The molecule has 1 spiro atoms. The Morgan fingerprint density at radius 3 is 2.25 bits per heavy atom. The second-order valence-electron chi connectivity index (χ2n) is 9.88. The number of guanidine groups is 2. The van der Waals surface area contributed by atoms with Crippen molar-refractivity contribution >= 4 is 35.4 Å². The van der Waals surface area contributed by atoms with E-state index < -0.39 is 41.3 Å². The van der Waals surface area contributed by atoms with Gasteiger partial charge >= 0.3 is 0 Å². The zero-order chi connectivity index (χ0) is 26.5. The molecule has 36 heavy (non-hydrogen) atoms. The minimum absolute atomic E-state index is 0.101. The fourth-order valence-electron chi connectivity index (χ4n) is 5.87. The summed E-state index contributed by atoms with van der Waals surface area (Å²) in [5, 5.41) is 25.5. The molecule has 3 amide bonds. The molecule has 3 rings (SSSR count). The summed E-state index contributed by atoms with van der Waals surface area (Å²) in [6.07, 6.45) is 3.12. The Hall–Kier alpha value is -3.42. The summed E-state index contributed by atoms with van der Waals surface area (Å²) in [6.45, 7) is 1.75. The number of piperidine rings is 1. The number of rotatable bonds is 9. The number of hydrogen-bond donors (Lipinski definition) is 9. The molecular weight excluding hydrogens is 468 g/mol. The van der Waals surface area contributed by atoms with Gasteiger partial charge in [0.15, 0.2) is 17.7 Å². The summed E-state index contributed by atoms with van der Waals surface area (Å²) in [5.41, 5.74) is 15.1. The summed E-state index contributed by atoms with van der Waals surface area (Å²) in [7, 11) is 0. The molecule has 3 fully saturated rings. The fraction of sp³-hybridized carbons (Fsp3) is 0.727. The lowest BCUT2D eigenvalue weighted by molar-refractivity contribution is -0.155. The van der Waals surface area contributed by atoms with Crippen molar-refractivity contribution < 1.29 is 19.2 Å². The number of carbonyl (C=O) groups excluding carboxylic acids is 4. The lowest BCUT2D eigenvalue weighted by Crippen LogP contribution is -2.69. The second-order valence-corrected chi connectivity index (χ2v) is 9.88. The van der Waals surface area contributed by atoms with Crippen LogP contribution in [0.15, 0.2) is 0 Å². The number of nitrogens with two attached hydrogens (primary N) is 3. The van der Waals surface area contributed by atoms with Gasteiger partial charge in [0.1, 0.15) is 12.1 Å². The molecule has 3 saturated heterocycles. The lowest BCUT2D eigenvalue weighted by atomic mass is 9.59. The molecule has 0 aliphatic carbocycles. The minimum Gasteiger partial charge on any atom is -0.370 e. The second kappa shape index (κ2) is 11.5. The van der Waals surface area contributed by atoms with E-state index in [2.05, 4.69) is 21.3 Å². The first-order chi connectivity index (χ1) is 17.0. The largest absolute Gasteiger partial charge is 0.370 e. The molecule has 0 aromatic rings. The zero-order valence-corrected chi connectivity index (χ0v) is 20.4. The van der Waals surface area contributed by atoms with Gasteiger partial charge in [-0.15, -0.1) is 0 Å². The van der Waals surface area contributed by atoms with E-state index in [0.717, 1.165) is 0 Å². The van der Waals surface area contributed by atoms with Crippen LogP contribution in [0.2, 0.25) is 0 Å². The third-order valence-corrected chi connectivity index (χ3v) is 7.52. The Labute approximate surface area is 209 Å². The molecule has 200 valence electrons. The van der Waals surface area contributed by atoms with Gasteiger partial charge in [0.25, 0.3) is 0 Å². The molecule has 0 aromatic carbocycles. The van der Waals surface area contributed by atoms with Crippen molar-refractivity contribution in [2.75, 3.05) is 26.2 Å². The first-order valence-electron chi connectivity index (χ1n) is 12.4. The molecule has 2 unspecified atom stereocenters. The van der Waals surface area contributed by atoms with Crippen molar-refractivity contribution in [3.63, 3.8) is 0 Å². The molecular formula is C22H38N10O4. The van der Waals surface area contributed by atoms with Gasteiger partial charge in [-0.05, 0) is 51.5 Å². The van der Waals surface area contributed by atoms with Crippen LogP contribution < -0.4 is 38.5 Å². The number of carbonyl (C=O) groups is 4. The highest BCUT2D eigenvalue weighted by Crippen LogP contribution is 2.46. The van der Waals surface area contributed by atoms with Crippen LogP contribution in [0.3, 0.4) is 0 Å². The van der Waals surface area contributed by atoms with Crippen LogP contribution >= 0.6 is 0 Å². The predicted molar refractivity (Wildman–Crippen MR) is 131 cm³/mol. The van der Waals surface area contributed by atoms with E-state index in [1.165, 1.54) is 0 Å². The number of amides is 3. The SMILES string of the molecule is N=C(N)NCCC[C@H]1C(=O)N[C@@H]2CN1CCCC1(C[C@H](C(N)=O)NC(=O)[C@@H]1CCCNC(=N)N)C2=O. The van der Waals surface area contributed by atoms with Gasteiger partial charge < -0.3 is 38.5 Å². The standard InChI is InChI=1S/C22H38N10O4/c23-17(34)13-10-22(12(18(35)30-13)4-1-7-28-20(24)25)6-3-9-32-11-14(16(22)33)31-19(36)15(32)5-2-8-29-21(26)27/h12-15H,1-11H2,(H2,23,34)(H,30,35)(H,31,36)(H4,24,25,28)(H4,26,27,29)/t12-,13+,14+,15-,22?/m0/s1. The van der Waals surface area contributed by atoms with Crippen molar-refractivity contribution in [2.45, 2.75) is 63.1 Å². The summed E-state index contributed by atoms with van der Waals surface area (Å²) >= 11 is 0. The molecule has 3 aliphatic rings. The van der Waals surface area contributed by atoms with Crippen LogP contribution in [-0.4, -0.2) is 84.6 Å². The minimum atomic E-state index is -1.12. The number of Topliss-reactive ketones (excluding diaryl/α,β-unsaturated/α-hetero) is 1. The van der Waals surface area contributed by atoms with E-state index in [4.69, 9.17) is 28.0 Å². The number of hydrogen-bond acceptors (Lipinski definition) is 7. The Bertz CT molecular complexity index is 911. The van der Waals surface area contributed by atoms with Gasteiger partial charge in [-0.2, -0.15) is 0 Å². The molecule has 0 radical (unpaired) electrons. The van der Waals surface area contributed by atoms with E-state index in [1.807, 2.05) is 4.90 Å². The van der Waals surface area contributed by atoms with Crippen LogP contribution in [0.25, 0.3) is 0 Å². The smallest absolute Gasteiger partial charge is 0.240 e. The van der Waals surface area contributed by atoms with Gasteiger partial charge in [0.05, 0.1) is 12.0 Å². The molecule has 6 atom stereocenters. The van der Waals surface area contributed by atoms with Crippen LogP contribution in [0.1, 0.15) is 44.9 Å². The van der Waals surface area contributed by atoms with Crippen LogP contribution in [0.4, 0.5) is 0 Å². The Morgan fingerprint density at radius 2 is 1.64 bits per heavy atom. The molecule has 3 aliphatic heterocycles. The summed E-state index contributed by atoms with van der Waals surface area (Å²) in [5.74, 6) is -2.54. The number of primary amides is 1. The van der Waals surface area contributed by atoms with Crippen LogP contribution in [0.5, 0.6) is 0 Å². The third kappa shape index (κ3) is 6.04. The van der Waals surface area contributed by atoms with E-state index in [0.29, 0.717) is 64.7 Å². The maximum absolute atomic E-state index is 14.0. The Kier molecular flexibility index (Phi) is 8.71. The number of fused-ring (bicyclic) bond motifs is 2. The number of ketones is 1. The molecule has 0 aromatic heterocycles. The van der Waals surface area contributed by atoms with Gasteiger partial charge in [-0.1, -0.05) is 0 Å². The summed E-state index contributed by atoms with van der Waals surface area (Å²) < 4.78 is 0. The molecule has 0 saturated carbocycles. The first kappa shape index (κ1) is 27.2. The Morgan fingerprint density at radius 1 is 1.00 bits per heavy atom. The highest BCUT2D eigenvalue weighted by Gasteiger charge is 2.57. The van der Waals surface area contributed by atoms with Crippen LogP contribution in [0, 0.1) is 22.2 Å². The number of piperazine rings is 1. The van der Waals surface area contributed by atoms with Gasteiger partial charge in [-0.25, -0.2) is 0 Å². The van der Waals surface area contributed by atoms with Crippen molar-refractivity contribution in [3.05, 3.63) is 0 Å². The third-order valence-electron chi connectivity index (χ3n) is 7.52. The highest BCUT2D eigenvalue weighted by molar-refractivity contribution is 6.01. The normalized spacial score (nSPS) is 32.0. The molecule has 12 N–H and O–H groups in total. The predicted octanol–water partition coefficient (Wildman–Crippen LogP) is -2.98. The molecule has 14 nitrogen and oxygen atoms in total. The van der Waals surface area contributed by atoms with Crippen LogP contribution in [-0.2, 0) is 19.2 Å². The fourth-order valence-corrected chi connectivity index (χ4v) is 5.87. The summed E-state index contributed by atoms with van der Waals surface area (Å²) in [6, 6.07) is -2.13. The van der Waals surface area contributed by atoms with Gasteiger partial charge in [0.2, 0.25) is 17.7 Å². The van der Waals surface area contributed by atoms with Gasteiger partial charge in [0, 0.05) is 25.0 Å². The first-order valence-corrected chi connectivity index (χ1v) is 12.4. The van der Waals surface area contributed by atoms with Gasteiger partial charge in [-0.3, -0.25) is 34.9 Å². The average Bonchev–Trinajstić information content (AvgIpc) is 2.79. The highest BCUT2D eigenvalue weighted by atomic mass is 16.2. The molecule has 2 bridgehead atoms. The topological polar surface area (TPSA) is 245 Å². The van der Waals surface area contributed by atoms with Crippen molar-refractivity contribution in [1.29, 1.82) is 10.8 Å². The van der Waals surface area contributed by atoms with E-state index in [1.54, 1.807) is 0 Å². The van der Waals surface area contributed by atoms with Crippen molar-refractivity contribution in [1.82, 2.24) is 26.2 Å². The maximum Gasteiger partial charge on any atom is 0.240 e. The average molecular weight is 507 g/mol. The molecule has 3 heterocycles. The van der Waals surface area contributed by atoms with Crippen molar-refractivity contribution in [3.8, 4) is 0 Å². The van der Waals surface area contributed by atoms with E-state index in [-0.39, 0.29) is 30.0 Å². The number of nitrogens with one attached hydrogen (secondary N) is 6. The monoisotopic (exact) mass is 506 g/mol. The van der Waals surface area contributed by atoms with E-state index in [9.17, 15) is 19.2 Å². The van der Waals surface area contributed by atoms with Crippen molar-refractivity contribution in [2.24, 2.45) is 28.5 Å². The maximum atomic E-state index is 14.0. The summed E-state index contributed by atoms with van der Waals surface area (Å²) in [4.78, 5) is 54.3. The zero-order valence-electron chi connectivity index (χ0n) is 20.4. The quantitative estimate of drug-likeness (QED) is 0.0878. The molecule has 14 heteroatoms. The van der Waals surface area contributed by atoms with E-state index >= 15 is 0 Å². The Balaban J connectivity index is 1.79. The number of nitrogens with zero attached hydrogens (tertiary/aromatic N) is 1.